The quantitative estimate of drug-likeness (QED) is 0.544. The van der Waals surface area contributed by atoms with Crippen LogP contribution in [0.25, 0.3) is 11.0 Å². The van der Waals surface area contributed by atoms with E-state index in [2.05, 4.69) is 22.8 Å². The van der Waals surface area contributed by atoms with Crippen LogP contribution in [0.3, 0.4) is 0 Å². The van der Waals surface area contributed by atoms with Gasteiger partial charge < -0.3 is 10.4 Å². The number of fused-ring (bicyclic) bond motifs is 1. The van der Waals surface area contributed by atoms with Crippen molar-refractivity contribution in [2.75, 3.05) is 13.1 Å². The van der Waals surface area contributed by atoms with Gasteiger partial charge in [-0.05, 0) is 68.8 Å². The molecule has 0 saturated carbocycles. The Morgan fingerprint density at radius 1 is 1.11 bits per heavy atom. The fraction of sp³-hybridized carbons (Fsp3) is 0.565. The van der Waals surface area contributed by atoms with Crippen LogP contribution in [-0.4, -0.2) is 51.3 Å². The van der Waals surface area contributed by atoms with E-state index in [-0.39, 0.29) is 18.0 Å². The van der Waals surface area contributed by atoms with E-state index in [4.69, 9.17) is 9.90 Å². The second kappa shape index (κ2) is 11.1. The lowest BCUT2D eigenvalue weighted by Crippen LogP contribution is -2.44. The average molecular weight is 499 g/mol. The van der Waals surface area contributed by atoms with E-state index in [0.717, 1.165) is 42.9 Å². The van der Waals surface area contributed by atoms with Crippen LogP contribution in [0, 0.1) is 5.92 Å². The highest BCUT2D eigenvalue weighted by molar-refractivity contribution is 6.00. The summed E-state index contributed by atoms with van der Waals surface area (Å²) in [6.45, 7) is 2.26. The second-order valence-electron chi connectivity index (χ2n) is 8.89. The van der Waals surface area contributed by atoms with E-state index in [0.29, 0.717) is 6.42 Å². The van der Waals surface area contributed by atoms with Gasteiger partial charge in [-0.1, -0.05) is 12.5 Å². The number of aryl methyl sites for hydroxylation is 2. The van der Waals surface area contributed by atoms with Crippen molar-refractivity contribution in [1.29, 1.82) is 0 Å². The summed E-state index contributed by atoms with van der Waals surface area (Å²) >= 11 is 0. The standard InChI is InChI=1S/C21H28N4O3.C2HF3O2/c1-24-18-13-15(4-2-3-14-9-11-22-12-10-14)5-6-16(18)25(21(24)28)17-7-8-19(26)23-20(17)27;3-2(4,5)1(6)7/h5-6,13-14,17,22H,2-4,7-12H2,1H3,(H,23,26,27);(H,6,7). The smallest absolute Gasteiger partial charge is 0.475 e. The number of hydrogen-bond acceptors (Lipinski definition) is 5. The number of aromatic nitrogens is 2. The molecule has 1 aromatic heterocycles. The average Bonchev–Trinajstić information content (AvgIpc) is 3.04. The lowest BCUT2D eigenvalue weighted by molar-refractivity contribution is -0.192. The van der Waals surface area contributed by atoms with Gasteiger partial charge in [-0.2, -0.15) is 13.2 Å². The molecule has 2 fully saturated rings. The number of amides is 2. The van der Waals surface area contributed by atoms with Crippen LogP contribution >= 0.6 is 0 Å². The van der Waals surface area contributed by atoms with Gasteiger partial charge in [-0.25, -0.2) is 9.59 Å². The molecule has 1 atom stereocenters. The summed E-state index contributed by atoms with van der Waals surface area (Å²) in [5.74, 6) is -2.60. The number of carboxylic acid groups (broad SMARTS) is 1. The number of nitrogens with zero attached hydrogens (tertiary/aromatic N) is 2. The SMILES string of the molecule is Cn1c(=O)n(C2CCC(=O)NC2=O)c2ccc(CCCC3CCNCC3)cc21.O=C(O)C(F)(F)F. The van der Waals surface area contributed by atoms with Gasteiger partial charge in [-0.15, -0.1) is 0 Å². The minimum Gasteiger partial charge on any atom is -0.475 e. The molecule has 192 valence electrons. The molecule has 9 nitrogen and oxygen atoms in total. The minimum atomic E-state index is -5.08. The third kappa shape index (κ3) is 6.50. The Bertz CT molecular complexity index is 1150. The molecule has 3 N–H and O–H groups in total. The van der Waals surface area contributed by atoms with Crippen molar-refractivity contribution >= 4 is 28.8 Å². The van der Waals surface area contributed by atoms with Gasteiger partial charge >= 0.3 is 17.8 Å². The summed E-state index contributed by atoms with van der Waals surface area (Å²) in [6.07, 6.45) is 1.46. The molecule has 0 radical (unpaired) electrons. The molecule has 3 heterocycles. The van der Waals surface area contributed by atoms with Crippen LogP contribution in [-0.2, 0) is 27.9 Å². The number of carboxylic acids is 1. The molecular formula is C23H29F3N4O5. The van der Waals surface area contributed by atoms with Gasteiger partial charge in [-0.3, -0.25) is 24.0 Å². The summed E-state index contributed by atoms with van der Waals surface area (Å²) in [7, 11) is 1.74. The number of imidazole rings is 1. The van der Waals surface area contributed by atoms with Crippen molar-refractivity contribution in [3.63, 3.8) is 0 Å². The normalized spacial score (nSPS) is 19.3. The Morgan fingerprint density at radius 3 is 2.37 bits per heavy atom. The summed E-state index contributed by atoms with van der Waals surface area (Å²) in [5.41, 5.74) is 2.60. The van der Waals surface area contributed by atoms with Gasteiger partial charge in [0.05, 0.1) is 11.0 Å². The van der Waals surface area contributed by atoms with E-state index < -0.39 is 24.1 Å². The first-order chi connectivity index (χ1) is 16.5. The van der Waals surface area contributed by atoms with Crippen LogP contribution in [0.15, 0.2) is 23.0 Å². The van der Waals surface area contributed by atoms with E-state index >= 15 is 0 Å². The van der Waals surface area contributed by atoms with E-state index in [1.54, 1.807) is 11.6 Å². The summed E-state index contributed by atoms with van der Waals surface area (Å²) in [5, 5.41) is 12.9. The highest BCUT2D eigenvalue weighted by atomic mass is 19.4. The molecule has 2 aliphatic heterocycles. The number of carbonyl (C=O) groups is 3. The number of benzene rings is 1. The number of piperidine rings is 2. The van der Waals surface area contributed by atoms with Crippen molar-refractivity contribution in [3.8, 4) is 0 Å². The molecule has 1 aromatic carbocycles. The molecule has 0 aliphatic carbocycles. The Morgan fingerprint density at radius 2 is 1.77 bits per heavy atom. The van der Waals surface area contributed by atoms with Crippen molar-refractivity contribution < 1.29 is 32.7 Å². The molecule has 12 heteroatoms. The largest absolute Gasteiger partial charge is 0.490 e. The van der Waals surface area contributed by atoms with Gasteiger partial charge in [0.15, 0.2) is 0 Å². The number of aliphatic carboxylic acids is 1. The Hall–Kier alpha value is -3.15. The zero-order valence-electron chi connectivity index (χ0n) is 19.4. The number of carbonyl (C=O) groups excluding carboxylic acids is 2. The van der Waals surface area contributed by atoms with Crippen LogP contribution in [0.1, 0.15) is 50.1 Å². The maximum absolute atomic E-state index is 12.8. The van der Waals surface area contributed by atoms with Crippen LogP contribution < -0.4 is 16.3 Å². The molecule has 35 heavy (non-hydrogen) atoms. The fourth-order valence-electron chi connectivity index (χ4n) is 4.56. The Labute approximate surface area is 199 Å². The van der Waals surface area contributed by atoms with Gasteiger partial charge in [0.1, 0.15) is 6.04 Å². The lowest BCUT2D eigenvalue weighted by Gasteiger charge is -2.22. The molecule has 0 spiro atoms. The summed E-state index contributed by atoms with van der Waals surface area (Å²) in [4.78, 5) is 45.4. The van der Waals surface area contributed by atoms with Gasteiger partial charge in [0, 0.05) is 13.5 Å². The van der Waals surface area contributed by atoms with E-state index in [1.165, 1.54) is 29.4 Å². The molecule has 2 saturated heterocycles. The van der Waals surface area contributed by atoms with Crippen LogP contribution in [0.4, 0.5) is 13.2 Å². The number of halogens is 3. The van der Waals surface area contributed by atoms with Crippen molar-refractivity contribution in [1.82, 2.24) is 19.8 Å². The number of hydrogen-bond donors (Lipinski definition) is 3. The predicted octanol–water partition coefficient (Wildman–Crippen LogP) is 2.27. The first-order valence-corrected chi connectivity index (χ1v) is 11.5. The van der Waals surface area contributed by atoms with Crippen molar-refractivity contribution in [2.45, 2.75) is 57.2 Å². The second-order valence-corrected chi connectivity index (χ2v) is 8.89. The topological polar surface area (TPSA) is 122 Å². The van der Waals surface area contributed by atoms with Crippen molar-refractivity contribution in [3.05, 3.63) is 34.2 Å². The molecule has 2 aliphatic rings. The van der Waals surface area contributed by atoms with Gasteiger partial charge in [0.25, 0.3) is 0 Å². The highest BCUT2D eigenvalue weighted by Gasteiger charge is 2.38. The van der Waals surface area contributed by atoms with Crippen LogP contribution in [0.5, 0.6) is 0 Å². The first-order valence-electron chi connectivity index (χ1n) is 11.5. The predicted molar refractivity (Wildman–Crippen MR) is 121 cm³/mol. The third-order valence-electron chi connectivity index (χ3n) is 6.45. The molecule has 4 rings (SSSR count). The number of alkyl halides is 3. The van der Waals surface area contributed by atoms with Crippen LogP contribution in [0.2, 0.25) is 0 Å². The fourth-order valence-corrected chi connectivity index (χ4v) is 4.56. The summed E-state index contributed by atoms with van der Waals surface area (Å²) < 4.78 is 34.9. The monoisotopic (exact) mass is 498 g/mol. The molecular weight excluding hydrogens is 469 g/mol. The number of rotatable bonds is 5. The lowest BCUT2D eigenvalue weighted by atomic mass is 9.91. The molecule has 2 amide bonds. The summed E-state index contributed by atoms with van der Waals surface area (Å²) in [6, 6.07) is 5.45. The number of imide groups is 1. The maximum Gasteiger partial charge on any atom is 0.490 e. The van der Waals surface area contributed by atoms with E-state index in [1.807, 2.05) is 6.07 Å². The van der Waals surface area contributed by atoms with E-state index in [9.17, 15) is 27.6 Å². The zero-order valence-corrected chi connectivity index (χ0v) is 19.4. The number of nitrogens with one attached hydrogen (secondary N) is 2. The first kappa shape index (κ1) is 26.5. The Kier molecular flexibility index (Phi) is 8.36. The van der Waals surface area contributed by atoms with Gasteiger partial charge in [0.2, 0.25) is 11.8 Å². The Balaban J connectivity index is 0.000000429. The molecule has 2 aromatic rings. The maximum atomic E-state index is 12.8. The molecule has 1 unspecified atom stereocenters. The highest BCUT2D eigenvalue weighted by Crippen LogP contribution is 2.25. The third-order valence-corrected chi connectivity index (χ3v) is 6.45. The minimum absolute atomic E-state index is 0.212. The zero-order chi connectivity index (χ0) is 25.8. The molecule has 0 bridgehead atoms. The van der Waals surface area contributed by atoms with Crippen molar-refractivity contribution in [2.24, 2.45) is 13.0 Å².